The number of hydrogen-bond donors (Lipinski definition) is 1. The standard InChI is InChI=1S/C14H24N4O2/c1-2-3-4-5-6-7-8-9-10-15-14-16-11-13(12-17-14)18(19)20/h11-12H,2-10H2,1H3,(H,15,16,17). The number of nitrogens with one attached hydrogen (secondary N) is 1. The first-order valence-corrected chi connectivity index (χ1v) is 7.44. The van der Waals surface area contributed by atoms with Crippen LogP contribution < -0.4 is 5.32 Å². The summed E-state index contributed by atoms with van der Waals surface area (Å²) in [5.74, 6) is 0.457. The second-order valence-corrected chi connectivity index (χ2v) is 4.92. The van der Waals surface area contributed by atoms with Crippen molar-refractivity contribution in [3.63, 3.8) is 0 Å². The van der Waals surface area contributed by atoms with Crippen LogP contribution in [0.3, 0.4) is 0 Å². The Hall–Kier alpha value is -1.72. The number of anilines is 1. The molecule has 0 fully saturated rings. The topological polar surface area (TPSA) is 81.0 Å². The molecule has 6 nitrogen and oxygen atoms in total. The fourth-order valence-corrected chi connectivity index (χ4v) is 1.97. The first-order chi connectivity index (χ1) is 9.74. The summed E-state index contributed by atoms with van der Waals surface area (Å²) in [4.78, 5) is 17.8. The van der Waals surface area contributed by atoms with Crippen LogP contribution in [-0.2, 0) is 0 Å². The van der Waals surface area contributed by atoms with Crippen molar-refractivity contribution in [2.45, 2.75) is 58.3 Å². The molecule has 1 aromatic rings. The van der Waals surface area contributed by atoms with Gasteiger partial charge in [-0.1, -0.05) is 51.9 Å². The molecule has 0 aromatic carbocycles. The Bertz CT molecular complexity index is 381. The molecule has 1 rings (SSSR count). The van der Waals surface area contributed by atoms with Crippen LogP contribution in [0.4, 0.5) is 11.6 Å². The van der Waals surface area contributed by atoms with Gasteiger partial charge in [-0.15, -0.1) is 0 Å². The number of hydrogen-bond acceptors (Lipinski definition) is 5. The van der Waals surface area contributed by atoms with E-state index in [0.717, 1.165) is 13.0 Å². The van der Waals surface area contributed by atoms with E-state index in [4.69, 9.17) is 0 Å². The Morgan fingerprint density at radius 3 is 2.15 bits per heavy atom. The smallest absolute Gasteiger partial charge is 0.305 e. The molecule has 112 valence electrons. The van der Waals surface area contributed by atoms with Crippen molar-refractivity contribution in [3.05, 3.63) is 22.5 Å². The average molecular weight is 280 g/mol. The van der Waals surface area contributed by atoms with E-state index < -0.39 is 4.92 Å². The molecule has 20 heavy (non-hydrogen) atoms. The van der Waals surface area contributed by atoms with Gasteiger partial charge < -0.3 is 5.32 Å². The zero-order chi connectivity index (χ0) is 14.6. The lowest BCUT2D eigenvalue weighted by Gasteiger charge is -2.04. The highest BCUT2D eigenvalue weighted by Crippen LogP contribution is 2.10. The van der Waals surface area contributed by atoms with Crippen LogP contribution >= 0.6 is 0 Å². The summed E-state index contributed by atoms with van der Waals surface area (Å²) in [6.07, 6.45) is 12.6. The molecule has 0 spiro atoms. The Morgan fingerprint density at radius 1 is 1.05 bits per heavy atom. The average Bonchev–Trinajstić information content (AvgIpc) is 2.46. The maximum atomic E-state index is 10.4. The summed E-state index contributed by atoms with van der Waals surface area (Å²) < 4.78 is 0. The number of aromatic nitrogens is 2. The summed E-state index contributed by atoms with van der Waals surface area (Å²) in [6.45, 7) is 3.04. The number of nitrogens with zero attached hydrogens (tertiary/aromatic N) is 3. The van der Waals surface area contributed by atoms with Gasteiger partial charge in [-0.2, -0.15) is 0 Å². The zero-order valence-corrected chi connectivity index (χ0v) is 12.2. The van der Waals surface area contributed by atoms with Crippen LogP contribution in [-0.4, -0.2) is 21.4 Å². The van der Waals surface area contributed by atoms with Crippen molar-refractivity contribution < 1.29 is 4.92 Å². The van der Waals surface area contributed by atoms with E-state index in [-0.39, 0.29) is 5.69 Å². The van der Waals surface area contributed by atoms with Crippen molar-refractivity contribution in [2.24, 2.45) is 0 Å². The van der Waals surface area contributed by atoms with Gasteiger partial charge >= 0.3 is 5.69 Å². The van der Waals surface area contributed by atoms with Crippen LogP contribution in [0.15, 0.2) is 12.4 Å². The lowest BCUT2D eigenvalue weighted by Crippen LogP contribution is -2.05. The largest absolute Gasteiger partial charge is 0.354 e. The summed E-state index contributed by atoms with van der Waals surface area (Å²) in [5.41, 5.74) is -0.0809. The normalized spacial score (nSPS) is 10.4. The molecule has 0 saturated carbocycles. The Kier molecular flexibility index (Phi) is 8.26. The highest BCUT2D eigenvalue weighted by molar-refractivity contribution is 5.30. The number of nitro groups is 1. The second-order valence-electron chi connectivity index (χ2n) is 4.92. The van der Waals surface area contributed by atoms with Crippen LogP contribution in [0.1, 0.15) is 58.3 Å². The summed E-state index contributed by atoms with van der Waals surface area (Å²) in [5, 5.41) is 13.5. The molecule has 0 bridgehead atoms. The quantitative estimate of drug-likeness (QED) is 0.377. The summed E-state index contributed by atoms with van der Waals surface area (Å²) in [7, 11) is 0. The van der Waals surface area contributed by atoms with Gasteiger partial charge in [0.05, 0.1) is 4.92 Å². The van der Waals surface area contributed by atoms with E-state index in [9.17, 15) is 10.1 Å². The molecule has 0 radical (unpaired) electrons. The van der Waals surface area contributed by atoms with Crippen molar-refractivity contribution in [1.29, 1.82) is 0 Å². The van der Waals surface area contributed by atoms with Crippen LogP contribution in [0.2, 0.25) is 0 Å². The summed E-state index contributed by atoms with van der Waals surface area (Å²) >= 11 is 0. The van der Waals surface area contributed by atoms with Gasteiger partial charge in [0, 0.05) is 6.54 Å². The Balaban J connectivity index is 2.02. The maximum absolute atomic E-state index is 10.4. The Labute approximate surface area is 120 Å². The van der Waals surface area contributed by atoms with E-state index >= 15 is 0 Å². The van der Waals surface area contributed by atoms with Crippen LogP contribution in [0.25, 0.3) is 0 Å². The maximum Gasteiger partial charge on any atom is 0.305 e. The predicted molar refractivity (Wildman–Crippen MR) is 79.8 cm³/mol. The molecule has 0 aliphatic carbocycles. The number of unbranched alkanes of at least 4 members (excludes halogenated alkanes) is 7. The molecule has 1 aromatic heterocycles. The van der Waals surface area contributed by atoms with E-state index in [0.29, 0.717) is 5.95 Å². The highest BCUT2D eigenvalue weighted by atomic mass is 16.6. The van der Waals surface area contributed by atoms with Gasteiger partial charge in [-0.05, 0) is 6.42 Å². The molecule has 6 heteroatoms. The molecule has 0 aliphatic rings. The predicted octanol–water partition coefficient (Wildman–Crippen LogP) is 3.94. The molecule has 0 unspecified atom stereocenters. The third-order valence-corrected chi connectivity index (χ3v) is 3.16. The van der Waals surface area contributed by atoms with Crippen LogP contribution in [0.5, 0.6) is 0 Å². The van der Waals surface area contributed by atoms with E-state index in [2.05, 4.69) is 22.2 Å². The van der Waals surface area contributed by atoms with Crippen molar-refractivity contribution in [1.82, 2.24) is 9.97 Å². The second kappa shape index (κ2) is 10.1. The molecular formula is C14H24N4O2. The van der Waals surface area contributed by atoms with Crippen LogP contribution in [0, 0.1) is 10.1 Å². The van der Waals surface area contributed by atoms with Gasteiger partial charge in [0.2, 0.25) is 5.95 Å². The fraction of sp³-hybridized carbons (Fsp3) is 0.714. The molecule has 0 saturated heterocycles. The minimum Gasteiger partial charge on any atom is -0.354 e. The van der Waals surface area contributed by atoms with E-state index in [1.807, 2.05) is 0 Å². The van der Waals surface area contributed by atoms with Gasteiger partial charge in [0.1, 0.15) is 12.4 Å². The molecular weight excluding hydrogens is 256 g/mol. The molecule has 0 aliphatic heterocycles. The molecule has 0 amide bonds. The fourth-order valence-electron chi connectivity index (χ4n) is 1.97. The zero-order valence-electron chi connectivity index (χ0n) is 12.2. The minimum absolute atomic E-state index is 0.0809. The molecule has 1 heterocycles. The Morgan fingerprint density at radius 2 is 1.60 bits per heavy atom. The first-order valence-electron chi connectivity index (χ1n) is 7.44. The van der Waals surface area contributed by atoms with Gasteiger partial charge in [-0.25, -0.2) is 9.97 Å². The first kappa shape index (κ1) is 16.3. The van der Waals surface area contributed by atoms with E-state index in [1.165, 1.54) is 57.3 Å². The summed E-state index contributed by atoms with van der Waals surface area (Å²) in [6, 6.07) is 0. The van der Waals surface area contributed by atoms with Crippen molar-refractivity contribution in [2.75, 3.05) is 11.9 Å². The minimum atomic E-state index is -0.498. The van der Waals surface area contributed by atoms with Gasteiger partial charge in [-0.3, -0.25) is 10.1 Å². The highest BCUT2D eigenvalue weighted by Gasteiger charge is 2.05. The molecule has 0 atom stereocenters. The van der Waals surface area contributed by atoms with E-state index in [1.54, 1.807) is 0 Å². The van der Waals surface area contributed by atoms with Gasteiger partial charge in [0.25, 0.3) is 0 Å². The van der Waals surface area contributed by atoms with Gasteiger partial charge in [0.15, 0.2) is 0 Å². The van der Waals surface area contributed by atoms with Crippen molar-refractivity contribution >= 4 is 11.6 Å². The third-order valence-electron chi connectivity index (χ3n) is 3.16. The lowest BCUT2D eigenvalue weighted by atomic mass is 10.1. The molecule has 1 N–H and O–H groups in total. The number of rotatable bonds is 11. The lowest BCUT2D eigenvalue weighted by molar-refractivity contribution is -0.385. The third kappa shape index (κ3) is 7.01. The monoisotopic (exact) mass is 280 g/mol. The SMILES string of the molecule is CCCCCCCCCCNc1ncc([N+](=O)[O-])cn1. The van der Waals surface area contributed by atoms with Crippen molar-refractivity contribution in [3.8, 4) is 0 Å².